The second kappa shape index (κ2) is 1.53. The zero-order valence-electron chi connectivity index (χ0n) is 5.27. The Labute approximate surface area is 57.7 Å². The number of ether oxygens (including phenoxy) is 3. The van der Waals surface area contributed by atoms with Crippen LogP contribution in [-0.2, 0) is 14.2 Å². The maximum atomic E-state index is 9.38. The first-order valence-electron chi connectivity index (χ1n) is 3.47. The second-order valence-electron chi connectivity index (χ2n) is 2.93. The predicted octanol–water partition coefficient (Wildman–Crippen LogP) is -1.13. The monoisotopic (exact) mass is 144 g/mol. The van der Waals surface area contributed by atoms with E-state index >= 15 is 0 Å². The Kier molecular flexibility index (Phi) is 0.840. The highest BCUT2D eigenvalue weighted by Gasteiger charge is 2.61. The summed E-state index contributed by atoms with van der Waals surface area (Å²) < 4.78 is 15.6. The van der Waals surface area contributed by atoms with Gasteiger partial charge in [0.2, 0.25) is 0 Å². The highest BCUT2D eigenvalue weighted by atomic mass is 16.8. The molecule has 0 aromatic rings. The molecule has 0 aliphatic carbocycles. The first-order valence-corrected chi connectivity index (χ1v) is 3.47. The van der Waals surface area contributed by atoms with Crippen molar-refractivity contribution in [1.29, 1.82) is 0 Å². The Hall–Kier alpha value is -0.160. The van der Waals surface area contributed by atoms with Crippen LogP contribution in [0.15, 0.2) is 0 Å². The van der Waals surface area contributed by atoms with Gasteiger partial charge in [-0.15, -0.1) is 0 Å². The standard InChI is InChI=1S/C6H8O4/c7-3-2-1-8-6(9-2)5-4(3)10-5/h2-7H,1H2. The molecule has 3 aliphatic rings. The smallest absolute Gasteiger partial charge is 0.187 e. The van der Waals surface area contributed by atoms with Crippen molar-refractivity contribution in [2.24, 2.45) is 0 Å². The molecule has 3 heterocycles. The van der Waals surface area contributed by atoms with Crippen molar-refractivity contribution < 1.29 is 19.3 Å². The van der Waals surface area contributed by atoms with Gasteiger partial charge in [-0.3, -0.25) is 0 Å². The van der Waals surface area contributed by atoms with E-state index in [1.54, 1.807) is 0 Å². The molecule has 5 unspecified atom stereocenters. The molecule has 0 amide bonds. The van der Waals surface area contributed by atoms with E-state index in [0.29, 0.717) is 6.61 Å². The fourth-order valence-corrected chi connectivity index (χ4v) is 1.63. The molecule has 0 aromatic carbocycles. The molecule has 0 aromatic heterocycles. The van der Waals surface area contributed by atoms with Crippen LogP contribution in [-0.4, -0.2) is 42.4 Å². The van der Waals surface area contributed by atoms with Crippen LogP contribution in [0.4, 0.5) is 0 Å². The number of hydrogen-bond acceptors (Lipinski definition) is 4. The van der Waals surface area contributed by atoms with Gasteiger partial charge in [0.15, 0.2) is 6.29 Å². The van der Waals surface area contributed by atoms with Gasteiger partial charge < -0.3 is 19.3 Å². The van der Waals surface area contributed by atoms with Crippen LogP contribution < -0.4 is 0 Å². The van der Waals surface area contributed by atoms with Gasteiger partial charge in [-0.2, -0.15) is 0 Å². The third-order valence-electron chi connectivity index (χ3n) is 2.28. The first-order chi connectivity index (χ1) is 4.86. The van der Waals surface area contributed by atoms with Crippen molar-refractivity contribution in [3.63, 3.8) is 0 Å². The lowest BCUT2D eigenvalue weighted by Gasteiger charge is -2.18. The van der Waals surface area contributed by atoms with Crippen molar-refractivity contribution in [1.82, 2.24) is 0 Å². The van der Waals surface area contributed by atoms with E-state index in [4.69, 9.17) is 14.2 Å². The number of hydrogen-bond donors (Lipinski definition) is 1. The van der Waals surface area contributed by atoms with E-state index in [2.05, 4.69) is 0 Å². The summed E-state index contributed by atoms with van der Waals surface area (Å²) in [7, 11) is 0. The highest BCUT2D eigenvalue weighted by molar-refractivity contribution is 5.03. The minimum Gasteiger partial charge on any atom is -0.387 e. The molecule has 3 aliphatic heterocycles. The fraction of sp³-hybridized carbons (Fsp3) is 1.00. The minimum atomic E-state index is -0.469. The SMILES string of the molecule is OC1C2COC(O2)C2OC12. The van der Waals surface area contributed by atoms with E-state index < -0.39 is 6.10 Å². The summed E-state index contributed by atoms with van der Waals surface area (Å²) in [4.78, 5) is 0. The maximum absolute atomic E-state index is 9.38. The molecule has 56 valence electrons. The molecule has 4 heteroatoms. The molecule has 1 N–H and O–H groups in total. The largest absolute Gasteiger partial charge is 0.387 e. The summed E-state index contributed by atoms with van der Waals surface area (Å²) in [6.45, 7) is 0.516. The molecule has 3 rings (SSSR count). The van der Waals surface area contributed by atoms with Gasteiger partial charge in [-0.05, 0) is 0 Å². The molecule has 0 spiro atoms. The van der Waals surface area contributed by atoms with Gasteiger partial charge in [0.25, 0.3) is 0 Å². The van der Waals surface area contributed by atoms with Crippen LogP contribution in [0.5, 0.6) is 0 Å². The lowest BCUT2D eigenvalue weighted by molar-refractivity contribution is -0.103. The number of aliphatic hydroxyl groups is 1. The molecular weight excluding hydrogens is 136 g/mol. The summed E-state index contributed by atoms with van der Waals surface area (Å²) >= 11 is 0. The average molecular weight is 144 g/mol. The predicted molar refractivity (Wildman–Crippen MR) is 29.3 cm³/mol. The van der Waals surface area contributed by atoms with Crippen molar-refractivity contribution in [3.8, 4) is 0 Å². The summed E-state index contributed by atoms with van der Waals surface area (Å²) in [5, 5.41) is 9.38. The van der Waals surface area contributed by atoms with Crippen LogP contribution in [0.3, 0.4) is 0 Å². The Morgan fingerprint density at radius 1 is 1.20 bits per heavy atom. The third-order valence-corrected chi connectivity index (χ3v) is 2.28. The van der Waals surface area contributed by atoms with Gasteiger partial charge in [0.05, 0.1) is 6.61 Å². The fourth-order valence-electron chi connectivity index (χ4n) is 1.63. The number of fused-ring (bicyclic) bond motifs is 4. The maximum Gasteiger partial charge on any atom is 0.187 e. The zero-order valence-corrected chi connectivity index (χ0v) is 5.27. The van der Waals surface area contributed by atoms with Crippen LogP contribution in [0.25, 0.3) is 0 Å². The molecule has 10 heavy (non-hydrogen) atoms. The number of rotatable bonds is 0. The normalized spacial score (nSPS) is 63.9. The van der Waals surface area contributed by atoms with Crippen molar-refractivity contribution in [2.45, 2.75) is 30.7 Å². The van der Waals surface area contributed by atoms with Crippen LogP contribution >= 0.6 is 0 Å². The molecular formula is C6H8O4. The summed E-state index contributed by atoms with van der Waals surface area (Å²) in [5.41, 5.74) is 0. The molecule has 0 saturated carbocycles. The van der Waals surface area contributed by atoms with E-state index in [1.165, 1.54) is 0 Å². The quantitative estimate of drug-likeness (QED) is 0.437. The van der Waals surface area contributed by atoms with E-state index in [1.807, 2.05) is 0 Å². The highest BCUT2D eigenvalue weighted by Crippen LogP contribution is 2.41. The molecule has 2 bridgehead atoms. The minimum absolute atomic E-state index is 0.00810. The molecule has 0 radical (unpaired) electrons. The van der Waals surface area contributed by atoms with E-state index in [0.717, 1.165) is 0 Å². The zero-order chi connectivity index (χ0) is 6.72. The number of epoxide rings is 1. The van der Waals surface area contributed by atoms with Gasteiger partial charge in [-0.25, -0.2) is 0 Å². The van der Waals surface area contributed by atoms with Crippen LogP contribution in [0.1, 0.15) is 0 Å². The Morgan fingerprint density at radius 3 is 3.00 bits per heavy atom. The Morgan fingerprint density at radius 2 is 2.10 bits per heavy atom. The van der Waals surface area contributed by atoms with Gasteiger partial charge >= 0.3 is 0 Å². The van der Waals surface area contributed by atoms with Gasteiger partial charge in [0, 0.05) is 0 Å². The van der Waals surface area contributed by atoms with Gasteiger partial charge in [-0.1, -0.05) is 0 Å². The molecule has 5 atom stereocenters. The number of aliphatic hydroxyl groups excluding tert-OH is 1. The topological polar surface area (TPSA) is 51.2 Å². The molecule has 4 nitrogen and oxygen atoms in total. The Balaban J connectivity index is 1.91. The van der Waals surface area contributed by atoms with Crippen molar-refractivity contribution in [3.05, 3.63) is 0 Å². The molecule has 3 saturated heterocycles. The van der Waals surface area contributed by atoms with E-state index in [-0.39, 0.29) is 24.6 Å². The lowest BCUT2D eigenvalue weighted by Crippen LogP contribution is -2.39. The lowest BCUT2D eigenvalue weighted by atomic mass is 10.1. The summed E-state index contributed by atoms with van der Waals surface area (Å²) in [6, 6.07) is 0. The van der Waals surface area contributed by atoms with Gasteiger partial charge in [0.1, 0.15) is 24.4 Å². The summed E-state index contributed by atoms with van der Waals surface area (Å²) in [5.74, 6) is 0. The van der Waals surface area contributed by atoms with Crippen molar-refractivity contribution >= 4 is 0 Å². The third kappa shape index (κ3) is 0.509. The molecule has 3 fully saturated rings. The van der Waals surface area contributed by atoms with E-state index in [9.17, 15) is 5.11 Å². The Bertz CT molecular complexity index is 169. The first kappa shape index (κ1) is 5.49. The second-order valence-corrected chi connectivity index (χ2v) is 2.93. The summed E-state index contributed by atoms with van der Waals surface area (Å²) in [6.07, 6.45) is -0.809. The average Bonchev–Trinajstić information content (AvgIpc) is 2.61. The van der Waals surface area contributed by atoms with Crippen molar-refractivity contribution in [2.75, 3.05) is 6.61 Å². The van der Waals surface area contributed by atoms with Crippen LogP contribution in [0.2, 0.25) is 0 Å². The van der Waals surface area contributed by atoms with Crippen LogP contribution in [0, 0.1) is 0 Å².